The first-order valence-electron chi connectivity index (χ1n) is 4.52. The van der Waals surface area contributed by atoms with E-state index in [1.165, 1.54) is 7.11 Å². The van der Waals surface area contributed by atoms with Gasteiger partial charge in [0.2, 0.25) is 0 Å². The highest BCUT2D eigenvalue weighted by molar-refractivity contribution is 9.11. The van der Waals surface area contributed by atoms with Crippen molar-refractivity contribution in [1.82, 2.24) is 0 Å². The van der Waals surface area contributed by atoms with Gasteiger partial charge in [-0.2, -0.15) is 0 Å². The Balaban J connectivity index is 2.86. The number of benzene rings is 1. The molecule has 1 atom stereocenters. The summed E-state index contributed by atoms with van der Waals surface area (Å²) in [5.74, 6) is -0.427. The molecule has 0 aliphatic rings. The number of carbonyl (C=O) groups excluding carboxylic acids is 1. The fraction of sp³-hybridized carbons (Fsp3) is 0.300. The summed E-state index contributed by atoms with van der Waals surface area (Å²) in [4.78, 5) is 11.2. The van der Waals surface area contributed by atoms with Crippen LogP contribution in [0, 0.1) is 0 Å². The molecule has 0 bridgehead atoms. The van der Waals surface area contributed by atoms with Crippen LogP contribution in [-0.2, 0) is 16.0 Å². The summed E-state index contributed by atoms with van der Waals surface area (Å²) < 4.78 is 6.10. The van der Waals surface area contributed by atoms with E-state index >= 15 is 0 Å². The van der Waals surface area contributed by atoms with Crippen molar-refractivity contribution < 1.29 is 9.53 Å². The molecule has 0 aliphatic carbocycles. The minimum Gasteiger partial charge on any atom is -0.468 e. The van der Waals surface area contributed by atoms with Crippen LogP contribution in [0.5, 0.6) is 0 Å². The number of carbonyl (C=O) groups is 1. The van der Waals surface area contributed by atoms with Crippen molar-refractivity contribution in [3.8, 4) is 0 Å². The van der Waals surface area contributed by atoms with Gasteiger partial charge in [0, 0.05) is 8.95 Å². The molecule has 0 fully saturated rings. The van der Waals surface area contributed by atoms with Crippen molar-refractivity contribution in [3.05, 3.63) is 26.6 Å². The first-order valence-corrected chi connectivity index (χ1v) is 6.11. The SMILES string of the molecule is COC(=O)[C@H](N)Cc1cc(Br)c(N)c(Br)c1. The molecule has 0 aromatic heterocycles. The van der Waals surface area contributed by atoms with Crippen LogP contribution in [0.1, 0.15) is 5.56 Å². The summed E-state index contributed by atoms with van der Waals surface area (Å²) in [6.45, 7) is 0. The van der Waals surface area contributed by atoms with Gasteiger partial charge in [0.05, 0.1) is 12.8 Å². The fourth-order valence-electron chi connectivity index (χ4n) is 1.24. The Morgan fingerprint density at radius 2 is 1.94 bits per heavy atom. The molecule has 0 radical (unpaired) electrons. The van der Waals surface area contributed by atoms with E-state index in [2.05, 4.69) is 36.6 Å². The molecule has 0 saturated carbocycles. The number of nitrogen functional groups attached to an aromatic ring is 1. The van der Waals surface area contributed by atoms with E-state index in [-0.39, 0.29) is 0 Å². The maximum Gasteiger partial charge on any atom is 0.322 e. The molecule has 6 heteroatoms. The molecule has 4 N–H and O–H groups in total. The summed E-state index contributed by atoms with van der Waals surface area (Å²) in [6, 6.07) is 3.01. The topological polar surface area (TPSA) is 78.3 Å². The second-order valence-corrected chi connectivity index (χ2v) is 5.02. The molecule has 1 rings (SSSR count). The second kappa shape index (κ2) is 5.65. The van der Waals surface area contributed by atoms with Crippen molar-refractivity contribution in [1.29, 1.82) is 0 Å². The zero-order valence-electron chi connectivity index (χ0n) is 8.67. The van der Waals surface area contributed by atoms with Crippen molar-refractivity contribution >= 4 is 43.5 Å². The molecule has 0 heterocycles. The first-order chi connectivity index (χ1) is 7.45. The van der Waals surface area contributed by atoms with Crippen LogP contribution in [-0.4, -0.2) is 19.1 Å². The second-order valence-electron chi connectivity index (χ2n) is 3.31. The summed E-state index contributed by atoms with van der Waals surface area (Å²) in [5, 5.41) is 0. The number of anilines is 1. The summed E-state index contributed by atoms with van der Waals surface area (Å²) in [7, 11) is 1.32. The Bertz CT molecular complexity index is 387. The zero-order chi connectivity index (χ0) is 12.3. The number of ether oxygens (including phenoxy) is 1. The third-order valence-electron chi connectivity index (χ3n) is 2.10. The van der Waals surface area contributed by atoms with Crippen LogP contribution < -0.4 is 11.5 Å². The Morgan fingerprint density at radius 3 is 2.38 bits per heavy atom. The van der Waals surface area contributed by atoms with Gasteiger partial charge in [0.25, 0.3) is 0 Å². The largest absolute Gasteiger partial charge is 0.468 e. The Labute approximate surface area is 111 Å². The highest BCUT2D eigenvalue weighted by Crippen LogP contribution is 2.29. The van der Waals surface area contributed by atoms with Crippen LogP contribution in [0.3, 0.4) is 0 Å². The highest BCUT2D eigenvalue weighted by atomic mass is 79.9. The number of methoxy groups -OCH3 is 1. The normalized spacial score (nSPS) is 12.2. The number of hydrogen-bond donors (Lipinski definition) is 2. The van der Waals surface area contributed by atoms with Gasteiger partial charge in [0.1, 0.15) is 6.04 Å². The average Bonchev–Trinajstić information content (AvgIpc) is 2.24. The van der Waals surface area contributed by atoms with Crippen molar-refractivity contribution in [2.75, 3.05) is 12.8 Å². The minimum absolute atomic E-state index is 0.407. The molecular formula is C10H12Br2N2O2. The van der Waals surface area contributed by atoms with Crippen molar-refractivity contribution in [3.63, 3.8) is 0 Å². The molecule has 0 amide bonds. The smallest absolute Gasteiger partial charge is 0.322 e. The van der Waals surface area contributed by atoms with E-state index in [0.717, 1.165) is 14.5 Å². The van der Waals surface area contributed by atoms with Crippen molar-refractivity contribution in [2.24, 2.45) is 5.73 Å². The lowest BCUT2D eigenvalue weighted by Gasteiger charge is -2.11. The average molecular weight is 352 g/mol. The molecule has 0 spiro atoms. The van der Waals surface area contributed by atoms with E-state index in [1.807, 2.05) is 12.1 Å². The van der Waals surface area contributed by atoms with Gasteiger partial charge in [-0.3, -0.25) is 4.79 Å². The van der Waals surface area contributed by atoms with E-state index in [1.54, 1.807) is 0 Å². The maximum atomic E-state index is 11.2. The van der Waals surface area contributed by atoms with Crippen LogP contribution in [0.15, 0.2) is 21.1 Å². The predicted molar refractivity (Wildman–Crippen MR) is 69.9 cm³/mol. The number of rotatable bonds is 3. The number of esters is 1. The molecule has 88 valence electrons. The highest BCUT2D eigenvalue weighted by Gasteiger charge is 2.15. The molecule has 0 saturated heterocycles. The summed E-state index contributed by atoms with van der Waals surface area (Å²) in [6.07, 6.45) is 0.407. The van der Waals surface area contributed by atoms with E-state index in [4.69, 9.17) is 11.5 Å². The Morgan fingerprint density at radius 1 is 1.44 bits per heavy atom. The van der Waals surface area contributed by atoms with Crippen LogP contribution >= 0.6 is 31.9 Å². The van der Waals surface area contributed by atoms with Gasteiger partial charge in [-0.05, 0) is 56.0 Å². The van der Waals surface area contributed by atoms with E-state index in [0.29, 0.717) is 12.1 Å². The van der Waals surface area contributed by atoms with Gasteiger partial charge in [-0.15, -0.1) is 0 Å². The molecular weight excluding hydrogens is 340 g/mol. The quantitative estimate of drug-likeness (QED) is 0.643. The van der Waals surface area contributed by atoms with Gasteiger partial charge in [0.15, 0.2) is 0 Å². The van der Waals surface area contributed by atoms with E-state index < -0.39 is 12.0 Å². The van der Waals surface area contributed by atoms with Gasteiger partial charge >= 0.3 is 5.97 Å². The fourth-order valence-corrected chi connectivity index (χ4v) is 2.52. The lowest BCUT2D eigenvalue weighted by Crippen LogP contribution is -2.33. The Hall–Kier alpha value is -0.590. The lowest BCUT2D eigenvalue weighted by atomic mass is 10.1. The van der Waals surface area contributed by atoms with Crippen LogP contribution in [0.25, 0.3) is 0 Å². The van der Waals surface area contributed by atoms with E-state index in [9.17, 15) is 4.79 Å². The summed E-state index contributed by atoms with van der Waals surface area (Å²) in [5.41, 5.74) is 12.9. The molecule has 0 unspecified atom stereocenters. The van der Waals surface area contributed by atoms with Gasteiger partial charge in [-0.25, -0.2) is 0 Å². The third kappa shape index (κ3) is 3.20. The molecule has 4 nitrogen and oxygen atoms in total. The van der Waals surface area contributed by atoms with Gasteiger partial charge < -0.3 is 16.2 Å². The standard InChI is InChI=1S/C10H12Br2N2O2/c1-16-10(15)8(13)4-5-2-6(11)9(14)7(12)3-5/h2-3,8H,4,13-14H2,1H3/t8-/m1/s1. The number of hydrogen-bond acceptors (Lipinski definition) is 4. The van der Waals surface area contributed by atoms with Crippen LogP contribution in [0.2, 0.25) is 0 Å². The first kappa shape index (κ1) is 13.5. The lowest BCUT2D eigenvalue weighted by molar-refractivity contribution is -0.142. The minimum atomic E-state index is -0.660. The van der Waals surface area contributed by atoms with Gasteiger partial charge in [-0.1, -0.05) is 0 Å². The predicted octanol–water partition coefficient (Wildman–Crippen LogP) is 1.84. The Kier molecular flexibility index (Phi) is 4.76. The monoisotopic (exact) mass is 350 g/mol. The third-order valence-corrected chi connectivity index (χ3v) is 3.41. The van der Waals surface area contributed by atoms with Crippen molar-refractivity contribution in [2.45, 2.75) is 12.5 Å². The van der Waals surface area contributed by atoms with Crippen LogP contribution in [0.4, 0.5) is 5.69 Å². The maximum absolute atomic E-state index is 11.2. The molecule has 16 heavy (non-hydrogen) atoms. The number of nitrogens with two attached hydrogens (primary N) is 2. The number of halogens is 2. The molecule has 0 aliphatic heterocycles. The molecule has 1 aromatic carbocycles. The summed E-state index contributed by atoms with van der Waals surface area (Å²) >= 11 is 6.66. The zero-order valence-corrected chi connectivity index (χ0v) is 11.8. The molecule has 1 aromatic rings.